The quantitative estimate of drug-likeness (QED) is 0.801. The van der Waals surface area contributed by atoms with Crippen molar-refractivity contribution in [2.45, 2.75) is 46.3 Å². The molecule has 0 aromatic carbocycles. The predicted octanol–water partition coefficient (Wildman–Crippen LogP) is 2.16. The van der Waals surface area contributed by atoms with Crippen molar-refractivity contribution >= 4 is 0 Å². The molecule has 3 heteroatoms. The van der Waals surface area contributed by atoms with Crippen LogP contribution < -0.4 is 0 Å². The van der Waals surface area contributed by atoms with Gasteiger partial charge in [0.25, 0.3) is 0 Å². The lowest BCUT2D eigenvalue weighted by Gasteiger charge is -2.29. The maximum absolute atomic E-state index is 10.4. The van der Waals surface area contributed by atoms with Crippen molar-refractivity contribution in [1.82, 2.24) is 9.78 Å². The van der Waals surface area contributed by atoms with E-state index in [1.807, 2.05) is 38.6 Å². The number of rotatable bonds is 4. The maximum atomic E-state index is 10.4. The third-order valence-corrected chi connectivity index (χ3v) is 2.95. The van der Waals surface area contributed by atoms with Gasteiger partial charge in [-0.05, 0) is 19.3 Å². The van der Waals surface area contributed by atoms with Crippen LogP contribution in [0.25, 0.3) is 0 Å². The summed E-state index contributed by atoms with van der Waals surface area (Å²) in [7, 11) is 0. The second-order valence-corrected chi connectivity index (χ2v) is 4.02. The molecule has 0 saturated carbocycles. The van der Waals surface area contributed by atoms with Gasteiger partial charge in [-0.1, -0.05) is 20.8 Å². The second-order valence-electron chi connectivity index (χ2n) is 4.02. The van der Waals surface area contributed by atoms with E-state index in [2.05, 4.69) is 5.10 Å². The standard InChI is InChI=1S/C11H20N2O/c1-5-11(14,9(3)4)10-7-12-13(6-2)8-10/h7-9,14H,5-6H2,1-4H3. The Bertz CT molecular complexity index is 293. The van der Waals surface area contributed by atoms with Gasteiger partial charge >= 0.3 is 0 Å². The van der Waals surface area contributed by atoms with Crippen LogP contribution in [-0.4, -0.2) is 14.9 Å². The van der Waals surface area contributed by atoms with Crippen LogP contribution in [0.1, 0.15) is 39.7 Å². The van der Waals surface area contributed by atoms with Crippen LogP contribution >= 0.6 is 0 Å². The third kappa shape index (κ3) is 1.82. The summed E-state index contributed by atoms with van der Waals surface area (Å²) in [6, 6.07) is 0. The van der Waals surface area contributed by atoms with Gasteiger partial charge in [0.05, 0.1) is 11.8 Å². The van der Waals surface area contributed by atoms with Crippen molar-refractivity contribution in [3.63, 3.8) is 0 Å². The first-order chi connectivity index (χ1) is 6.54. The van der Waals surface area contributed by atoms with Crippen molar-refractivity contribution in [2.24, 2.45) is 5.92 Å². The van der Waals surface area contributed by atoms with Crippen LogP contribution in [0.4, 0.5) is 0 Å². The Hall–Kier alpha value is -0.830. The lowest BCUT2D eigenvalue weighted by molar-refractivity contribution is -0.0140. The van der Waals surface area contributed by atoms with Crippen LogP contribution in [0.15, 0.2) is 12.4 Å². The second kappa shape index (κ2) is 4.13. The third-order valence-electron chi connectivity index (χ3n) is 2.95. The Morgan fingerprint density at radius 2 is 2.14 bits per heavy atom. The van der Waals surface area contributed by atoms with E-state index < -0.39 is 5.60 Å². The highest BCUT2D eigenvalue weighted by Gasteiger charge is 2.32. The molecule has 0 saturated heterocycles. The van der Waals surface area contributed by atoms with Gasteiger partial charge in [-0.3, -0.25) is 4.68 Å². The highest BCUT2D eigenvalue weighted by atomic mass is 16.3. The predicted molar refractivity (Wildman–Crippen MR) is 56.9 cm³/mol. The first kappa shape index (κ1) is 11.2. The normalized spacial score (nSPS) is 15.9. The van der Waals surface area contributed by atoms with E-state index in [1.165, 1.54) is 0 Å². The smallest absolute Gasteiger partial charge is 0.0946 e. The van der Waals surface area contributed by atoms with Crippen molar-refractivity contribution in [1.29, 1.82) is 0 Å². The Kier molecular flexibility index (Phi) is 3.32. The molecule has 14 heavy (non-hydrogen) atoms. The van der Waals surface area contributed by atoms with Crippen LogP contribution in [-0.2, 0) is 12.1 Å². The van der Waals surface area contributed by atoms with Crippen molar-refractivity contribution < 1.29 is 5.11 Å². The zero-order valence-electron chi connectivity index (χ0n) is 9.49. The summed E-state index contributed by atoms with van der Waals surface area (Å²) in [5.74, 6) is 0.210. The Labute approximate surface area is 85.8 Å². The van der Waals surface area contributed by atoms with Crippen molar-refractivity contribution in [3.05, 3.63) is 18.0 Å². The summed E-state index contributed by atoms with van der Waals surface area (Å²) in [5.41, 5.74) is 0.199. The fourth-order valence-corrected chi connectivity index (χ4v) is 1.71. The molecule has 1 N–H and O–H groups in total. The topological polar surface area (TPSA) is 38.0 Å². The molecule has 0 aliphatic carbocycles. The summed E-state index contributed by atoms with van der Waals surface area (Å²) >= 11 is 0. The fraction of sp³-hybridized carbons (Fsp3) is 0.727. The van der Waals surface area contributed by atoms with Gasteiger partial charge in [0.15, 0.2) is 0 Å². The van der Waals surface area contributed by atoms with E-state index in [1.54, 1.807) is 6.20 Å². The number of hydrogen-bond acceptors (Lipinski definition) is 2. The highest BCUT2D eigenvalue weighted by Crippen LogP contribution is 2.32. The average molecular weight is 196 g/mol. The monoisotopic (exact) mass is 196 g/mol. The van der Waals surface area contributed by atoms with Gasteiger partial charge in [-0.2, -0.15) is 5.10 Å². The first-order valence-corrected chi connectivity index (χ1v) is 5.29. The number of nitrogens with zero attached hydrogens (tertiary/aromatic N) is 2. The molecule has 0 aliphatic rings. The lowest BCUT2D eigenvalue weighted by atomic mass is 9.83. The molecule has 1 aromatic rings. The molecule has 1 atom stereocenters. The maximum Gasteiger partial charge on any atom is 0.0946 e. The summed E-state index contributed by atoms with van der Waals surface area (Å²) in [6.07, 6.45) is 4.43. The van der Waals surface area contributed by atoms with Gasteiger partial charge in [0, 0.05) is 18.3 Å². The molecule has 0 radical (unpaired) electrons. The van der Waals surface area contributed by atoms with E-state index in [9.17, 15) is 5.11 Å². The minimum Gasteiger partial charge on any atom is -0.385 e. The summed E-state index contributed by atoms with van der Waals surface area (Å²) < 4.78 is 1.85. The lowest BCUT2D eigenvalue weighted by Crippen LogP contribution is -2.30. The molecule has 0 spiro atoms. The SMILES string of the molecule is CCn1cc(C(O)(CC)C(C)C)cn1. The summed E-state index contributed by atoms with van der Waals surface area (Å²) in [6.45, 7) is 8.96. The molecule has 3 nitrogen and oxygen atoms in total. The Balaban J connectivity index is 3.00. The molecule has 80 valence electrons. The van der Waals surface area contributed by atoms with E-state index in [-0.39, 0.29) is 5.92 Å². The molecule has 0 aliphatic heterocycles. The number of hydrogen-bond donors (Lipinski definition) is 1. The molecule has 1 aromatic heterocycles. The minimum atomic E-state index is -0.729. The van der Waals surface area contributed by atoms with Gasteiger partial charge in [-0.25, -0.2) is 0 Å². The Morgan fingerprint density at radius 1 is 1.50 bits per heavy atom. The Morgan fingerprint density at radius 3 is 2.50 bits per heavy atom. The molecule has 0 amide bonds. The number of aliphatic hydroxyl groups is 1. The molecular weight excluding hydrogens is 176 g/mol. The molecule has 1 rings (SSSR count). The number of aromatic nitrogens is 2. The average Bonchev–Trinajstić information content (AvgIpc) is 2.64. The zero-order valence-corrected chi connectivity index (χ0v) is 9.49. The van der Waals surface area contributed by atoms with Crippen molar-refractivity contribution in [2.75, 3.05) is 0 Å². The molecule has 1 unspecified atom stereocenters. The van der Waals surface area contributed by atoms with Crippen LogP contribution in [0.5, 0.6) is 0 Å². The van der Waals surface area contributed by atoms with Crippen LogP contribution in [0.3, 0.4) is 0 Å². The molecule has 0 bridgehead atoms. The summed E-state index contributed by atoms with van der Waals surface area (Å²) in [4.78, 5) is 0. The van der Waals surface area contributed by atoms with Crippen LogP contribution in [0.2, 0.25) is 0 Å². The fourth-order valence-electron chi connectivity index (χ4n) is 1.71. The van der Waals surface area contributed by atoms with Gasteiger partial charge < -0.3 is 5.11 Å². The highest BCUT2D eigenvalue weighted by molar-refractivity contribution is 5.15. The van der Waals surface area contributed by atoms with E-state index >= 15 is 0 Å². The van der Waals surface area contributed by atoms with Gasteiger partial charge in [-0.15, -0.1) is 0 Å². The molecule has 0 fully saturated rings. The minimum absolute atomic E-state index is 0.210. The zero-order chi connectivity index (χ0) is 10.8. The van der Waals surface area contributed by atoms with Crippen LogP contribution in [0, 0.1) is 5.92 Å². The first-order valence-electron chi connectivity index (χ1n) is 5.29. The molecular formula is C11H20N2O. The van der Waals surface area contributed by atoms with E-state index in [0.717, 1.165) is 18.5 Å². The largest absolute Gasteiger partial charge is 0.385 e. The number of aryl methyl sites for hydroxylation is 1. The van der Waals surface area contributed by atoms with Gasteiger partial charge in [0.2, 0.25) is 0 Å². The molecule has 1 heterocycles. The van der Waals surface area contributed by atoms with Crippen molar-refractivity contribution in [3.8, 4) is 0 Å². The van der Waals surface area contributed by atoms with E-state index in [0.29, 0.717) is 0 Å². The van der Waals surface area contributed by atoms with Gasteiger partial charge in [0.1, 0.15) is 0 Å². The van der Waals surface area contributed by atoms with E-state index in [4.69, 9.17) is 0 Å². The summed E-state index contributed by atoms with van der Waals surface area (Å²) in [5, 5.41) is 14.6.